The summed E-state index contributed by atoms with van der Waals surface area (Å²) in [6, 6.07) is 3.81. The molecule has 0 bridgehead atoms. The predicted molar refractivity (Wildman–Crippen MR) is 78.2 cm³/mol. The highest BCUT2D eigenvalue weighted by Crippen LogP contribution is 2.32. The summed E-state index contributed by atoms with van der Waals surface area (Å²) in [6.45, 7) is 1.73. The van der Waals surface area contributed by atoms with Crippen LogP contribution in [0.3, 0.4) is 0 Å². The first kappa shape index (κ1) is 15.4. The molecule has 22 heavy (non-hydrogen) atoms. The normalized spacial score (nSPS) is 10.8. The number of aryl methyl sites for hydroxylation is 1. The van der Waals surface area contributed by atoms with Gasteiger partial charge >= 0.3 is 5.69 Å². The summed E-state index contributed by atoms with van der Waals surface area (Å²) < 4.78 is 0. The fourth-order valence-electron chi connectivity index (χ4n) is 1.60. The van der Waals surface area contributed by atoms with Gasteiger partial charge in [0.2, 0.25) is 5.75 Å². The second kappa shape index (κ2) is 6.22. The second-order valence-electron chi connectivity index (χ2n) is 4.26. The van der Waals surface area contributed by atoms with Crippen LogP contribution in [-0.4, -0.2) is 32.3 Å². The average Bonchev–Trinajstić information content (AvgIpc) is 2.88. The van der Waals surface area contributed by atoms with Gasteiger partial charge in [-0.1, -0.05) is 11.6 Å². The molecule has 1 aromatic heterocycles. The zero-order valence-electron chi connectivity index (χ0n) is 11.2. The Labute approximate surface area is 128 Å². The number of hydrogen-bond acceptors (Lipinski definition) is 6. The molecule has 1 heterocycles. The molecule has 0 saturated carbocycles. The Morgan fingerprint density at radius 3 is 2.86 bits per heavy atom. The molecule has 0 radical (unpaired) electrons. The minimum atomic E-state index is -0.774. The lowest BCUT2D eigenvalue weighted by molar-refractivity contribution is -0.385. The maximum atomic E-state index is 11.7. The molecule has 0 fully saturated rings. The molecule has 1 amide bonds. The quantitative estimate of drug-likeness (QED) is 0.447. The molecular weight excluding hydrogens is 314 g/mol. The van der Waals surface area contributed by atoms with Crippen molar-refractivity contribution in [1.82, 2.24) is 15.6 Å². The van der Waals surface area contributed by atoms with Crippen LogP contribution in [0.2, 0.25) is 5.02 Å². The molecular formula is C12H10ClN5O4. The Morgan fingerprint density at radius 1 is 1.55 bits per heavy atom. The van der Waals surface area contributed by atoms with Gasteiger partial charge in [-0.25, -0.2) is 5.43 Å². The number of halogens is 1. The lowest BCUT2D eigenvalue weighted by Gasteiger charge is -2.01. The highest BCUT2D eigenvalue weighted by Gasteiger charge is 2.17. The number of aromatic amines is 1. The Hall–Kier alpha value is -2.94. The maximum absolute atomic E-state index is 11.7. The number of rotatable bonds is 4. The first-order chi connectivity index (χ1) is 10.4. The second-order valence-corrected chi connectivity index (χ2v) is 4.69. The first-order valence-corrected chi connectivity index (χ1v) is 6.28. The van der Waals surface area contributed by atoms with Crippen molar-refractivity contribution < 1.29 is 14.8 Å². The van der Waals surface area contributed by atoms with Gasteiger partial charge in [0.05, 0.1) is 11.1 Å². The molecule has 0 unspecified atom stereocenters. The van der Waals surface area contributed by atoms with Crippen molar-refractivity contribution in [2.24, 2.45) is 5.10 Å². The minimum absolute atomic E-state index is 0.00212. The number of hydrazone groups is 1. The third-order valence-electron chi connectivity index (χ3n) is 2.59. The van der Waals surface area contributed by atoms with E-state index in [9.17, 15) is 20.0 Å². The van der Waals surface area contributed by atoms with E-state index in [1.165, 1.54) is 12.1 Å². The molecule has 2 aromatic rings. The van der Waals surface area contributed by atoms with Gasteiger partial charge in [0.15, 0.2) is 5.69 Å². The minimum Gasteiger partial charge on any atom is -0.502 e. The molecule has 0 aliphatic rings. The molecule has 114 valence electrons. The number of carbonyl (C=O) groups is 1. The maximum Gasteiger partial charge on any atom is 0.312 e. The SMILES string of the molecule is Cc1cc(C(=O)N/N=C\c2cc(Cl)cc([N+](=O)[O-])c2O)n[nH]1. The highest BCUT2D eigenvalue weighted by atomic mass is 35.5. The lowest BCUT2D eigenvalue weighted by Crippen LogP contribution is -2.18. The summed E-state index contributed by atoms with van der Waals surface area (Å²) in [7, 11) is 0. The summed E-state index contributed by atoms with van der Waals surface area (Å²) in [6.07, 6.45) is 1.05. The number of aromatic hydroxyl groups is 1. The number of nitrogens with one attached hydrogen (secondary N) is 2. The Morgan fingerprint density at radius 2 is 2.27 bits per heavy atom. The summed E-state index contributed by atoms with van der Waals surface area (Å²) in [5, 5.41) is 30.5. The van der Waals surface area contributed by atoms with Gasteiger partial charge in [-0.3, -0.25) is 20.0 Å². The number of H-pyrrole nitrogens is 1. The van der Waals surface area contributed by atoms with Crippen molar-refractivity contribution in [2.75, 3.05) is 0 Å². The van der Waals surface area contributed by atoms with E-state index in [1.54, 1.807) is 6.92 Å². The van der Waals surface area contributed by atoms with Gasteiger partial charge in [-0.15, -0.1) is 0 Å². The third kappa shape index (κ3) is 3.38. The Balaban J connectivity index is 2.17. The van der Waals surface area contributed by atoms with Crippen LogP contribution in [0.15, 0.2) is 23.3 Å². The number of nitrogens with zero attached hydrogens (tertiary/aromatic N) is 3. The fourth-order valence-corrected chi connectivity index (χ4v) is 1.82. The number of phenolic OH excluding ortho intramolecular Hbond substituents is 1. The summed E-state index contributed by atoms with van der Waals surface area (Å²) >= 11 is 5.73. The lowest BCUT2D eigenvalue weighted by atomic mass is 10.2. The van der Waals surface area contributed by atoms with Crippen LogP contribution in [-0.2, 0) is 0 Å². The van der Waals surface area contributed by atoms with E-state index in [1.807, 2.05) is 0 Å². The van der Waals surface area contributed by atoms with Crippen molar-refractivity contribution in [1.29, 1.82) is 0 Å². The van der Waals surface area contributed by atoms with Crippen LogP contribution < -0.4 is 5.43 Å². The van der Waals surface area contributed by atoms with E-state index in [0.29, 0.717) is 5.69 Å². The topological polar surface area (TPSA) is 134 Å². The third-order valence-corrected chi connectivity index (χ3v) is 2.81. The van der Waals surface area contributed by atoms with Crippen molar-refractivity contribution in [2.45, 2.75) is 6.92 Å². The molecule has 1 aromatic carbocycles. The molecule has 9 nitrogen and oxygen atoms in total. The van der Waals surface area contributed by atoms with Crippen molar-refractivity contribution >= 4 is 29.4 Å². The summed E-state index contributed by atoms with van der Waals surface area (Å²) in [4.78, 5) is 21.7. The van der Waals surface area contributed by atoms with Crippen LogP contribution in [0.25, 0.3) is 0 Å². The molecule has 10 heteroatoms. The van der Waals surface area contributed by atoms with Gasteiger partial charge in [-0.05, 0) is 19.1 Å². The van der Waals surface area contributed by atoms with E-state index < -0.39 is 22.3 Å². The molecule has 0 aliphatic carbocycles. The van der Waals surface area contributed by atoms with Gasteiger partial charge in [0.25, 0.3) is 5.91 Å². The first-order valence-electron chi connectivity index (χ1n) is 5.91. The van der Waals surface area contributed by atoms with Gasteiger partial charge in [-0.2, -0.15) is 10.2 Å². The Bertz CT molecular complexity index is 771. The molecule has 0 aliphatic heterocycles. The molecule has 0 saturated heterocycles. The standard InChI is InChI=1S/C12H10ClN5O4/c1-6-2-9(16-15-6)12(20)17-14-5-7-3-8(13)4-10(11(7)19)18(21)22/h2-5,19H,1H3,(H,15,16)(H,17,20)/b14-5-. The van der Waals surface area contributed by atoms with E-state index in [4.69, 9.17) is 11.6 Å². The van der Waals surface area contributed by atoms with Gasteiger partial charge in [0.1, 0.15) is 0 Å². The van der Waals surface area contributed by atoms with E-state index in [0.717, 1.165) is 12.3 Å². The van der Waals surface area contributed by atoms with Gasteiger partial charge in [0, 0.05) is 22.3 Å². The largest absolute Gasteiger partial charge is 0.502 e. The highest BCUT2D eigenvalue weighted by molar-refractivity contribution is 6.31. The molecule has 0 atom stereocenters. The van der Waals surface area contributed by atoms with Crippen molar-refractivity contribution in [3.8, 4) is 5.75 Å². The van der Waals surface area contributed by atoms with Crippen LogP contribution in [0.1, 0.15) is 21.7 Å². The number of carbonyl (C=O) groups excluding carboxylic acids is 1. The van der Waals surface area contributed by atoms with E-state index in [2.05, 4.69) is 20.7 Å². The number of phenols is 1. The van der Waals surface area contributed by atoms with Gasteiger partial charge < -0.3 is 5.11 Å². The van der Waals surface area contributed by atoms with Crippen molar-refractivity contribution in [3.63, 3.8) is 0 Å². The summed E-state index contributed by atoms with van der Waals surface area (Å²) in [5.74, 6) is -1.17. The monoisotopic (exact) mass is 323 g/mol. The van der Waals surface area contributed by atoms with Crippen LogP contribution >= 0.6 is 11.6 Å². The van der Waals surface area contributed by atoms with E-state index >= 15 is 0 Å². The van der Waals surface area contributed by atoms with Crippen molar-refractivity contribution in [3.05, 3.63) is 50.3 Å². The summed E-state index contributed by atoms with van der Waals surface area (Å²) in [5.41, 5.74) is 2.47. The fraction of sp³-hybridized carbons (Fsp3) is 0.0833. The number of amides is 1. The van der Waals surface area contributed by atoms with Crippen LogP contribution in [0, 0.1) is 17.0 Å². The number of aromatic nitrogens is 2. The molecule has 2 rings (SSSR count). The van der Waals surface area contributed by atoms with E-state index in [-0.39, 0.29) is 16.3 Å². The predicted octanol–water partition coefficient (Wildman–Crippen LogP) is 1.75. The zero-order chi connectivity index (χ0) is 16.3. The molecule has 0 spiro atoms. The smallest absolute Gasteiger partial charge is 0.312 e. The average molecular weight is 324 g/mol. The number of nitro groups is 1. The number of hydrogen-bond donors (Lipinski definition) is 3. The Kier molecular flexibility index (Phi) is 4.37. The number of nitro benzene ring substituents is 1. The number of benzene rings is 1. The van der Waals surface area contributed by atoms with Crippen LogP contribution in [0.5, 0.6) is 5.75 Å². The van der Waals surface area contributed by atoms with Crippen LogP contribution in [0.4, 0.5) is 5.69 Å². The molecule has 3 N–H and O–H groups in total. The zero-order valence-corrected chi connectivity index (χ0v) is 12.0.